The highest BCUT2D eigenvalue weighted by molar-refractivity contribution is 9.08. The number of carbonyl (C=O) groups is 1. The third-order valence-electron chi connectivity index (χ3n) is 2.92. The maximum absolute atomic E-state index is 12.0. The maximum Gasteiger partial charge on any atom is 0.251 e. The quantitative estimate of drug-likeness (QED) is 0.880. The second kappa shape index (κ2) is 6.02. The smallest absolute Gasteiger partial charge is 0.251 e. The lowest BCUT2D eigenvalue weighted by molar-refractivity contribution is 0.0951. The van der Waals surface area contributed by atoms with Crippen LogP contribution in [0.15, 0.2) is 30.5 Å². The third-order valence-corrected chi connectivity index (χ3v) is 3.57. The molecule has 0 radical (unpaired) electrons. The van der Waals surface area contributed by atoms with E-state index in [0.717, 1.165) is 22.2 Å². The number of aromatic nitrogens is 2. The number of hydrogen-bond donors (Lipinski definition) is 1. The SMILES string of the molecule is Cc1nn(C)cc1CNC(=O)c1ccc(CBr)cc1. The molecule has 1 aromatic carbocycles. The highest BCUT2D eigenvalue weighted by Gasteiger charge is 2.07. The largest absolute Gasteiger partial charge is 0.348 e. The highest BCUT2D eigenvalue weighted by Crippen LogP contribution is 2.09. The minimum Gasteiger partial charge on any atom is -0.348 e. The molecule has 0 aliphatic carbocycles. The number of amides is 1. The van der Waals surface area contributed by atoms with Crippen LogP contribution in [0.4, 0.5) is 0 Å². The van der Waals surface area contributed by atoms with E-state index < -0.39 is 0 Å². The summed E-state index contributed by atoms with van der Waals surface area (Å²) in [6, 6.07) is 7.56. The van der Waals surface area contributed by atoms with E-state index in [9.17, 15) is 4.79 Å². The van der Waals surface area contributed by atoms with Crippen molar-refractivity contribution in [1.82, 2.24) is 15.1 Å². The molecule has 0 aliphatic heterocycles. The molecule has 4 nitrogen and oxygen atoms in total. The molecule has 0 unspecified atom stereocenters. The van der Waals surface area contributed by atoms with Crippen molar-refractivity contribution < 1.29 is 4.79 Å². The van der Waals surface area contributed by atoms with Crippen molar-refractivity contribution >= 4 is 21.8 Å². The Balaban J connectivity index is 1.99. The minimum atomic E-state index is -0.0654. The van der Waals surface area contributed by atoms with Gasteiger partial charge >= 0.3 is 0 Å². The van der Waals surface area contributed by atoms with Crippen LogP contribution in [0.1, 0.15) is 27.2 Å². The molecule has 1 N–H and O–H groups in total. The van der Waals surface area contributed by atoms with Gasteiger partial charge in [0.05, 0.1) is 5.69 Å². The average molecular weight is 322 g/mol. The molecule has 0 fully saturated rings. The van der Waals surface area contributed by atoms with Crippen LogP contribution in [0.25, 0.3) is 0 Å². The molecular formula is C14H16BrN3O. The summed E-state index contributed by atoms with van der Waals surface area (Å²) in [6.45, 7) is 2.44. The molecule has 5 heteroatoms. The Labute approximate surface area is 120 Å². The molecule has 1 amide bonds. The van der Waals surface area contributed by atoms with Gasteiger partial charge in [0.2, 0.25) is 0 Å². The van der Waals surface area contributed by atoms with Crippen LogP contribution < -0.4 is 5.32 Å². The average Bonchev–Trinajstić information content (AvgIpc) is 2.74. The van der Waals surface area contributed by atoms with Crippen LogP contribution in [0.3, 0.4) is 0 Å². The van der Waals surface area contributed by atoms with Gasteiger partial charge in [-0.05, 0) is 24.6 Å². The molecule has 0 spiro atoms. The van der Waals surface area contributed by atoms with E-state index >= 15 is 0 Å². The maximum atomic E-state index is 12.0. The summed E-state index contributed by atoms with van der Waals surface area (Å²) in [5.41, 5.74) is 3.80. The number of nitrogens with one attached hydrogen (secondary N) is 1. The molecule has 100 valence electrons. The van der Waals surface area contributed by atoms with Gasteiger partial charge in [-0.2, -0.15) is 5.10 Å². The van der Waals surface area contributed by atoms with Gasteiger partial charge in [0.25, 0.3) is 5.91 Å². The molecule has 1 aromatic heterocycles. The summed E-state index contributed by atoms with van der Waals surface area (Å²) in [7, 11) is 1.87. The Hall–Kier alpha value is -1.62. The Bertz CT molecular complexity index is 575. The molecule has 0 aliphatic rings. The Morgan fingerprint density at radius 3 is 2.58 bits per heavy atom. The van der Waals surface area contributed by atoms with E-state index in [1.807, 2.05) is 44.4 Å². The van der Waals surface area contributed by atoms with E-state index in [0.29, 0.717) is 12.1 Å². The van der Waals surface area contributed by atoms with Crippen molar-refractivity contribution in [3.05, 3.63) is 52.8 Å². The summed E-state index contributed by atoms with van der Waals surface area (Å²) in [5.74, 6) is -0.0654. The van der Waals surface area contributed by atoms with E-state index in [1.54, 1.807) is 4.68 Å². The van der Waals surface area contributed by atoms with E-state index in [1.165, 1.54) is 0 Å². The van der Waals surface area contributed by atoms with Gasteiger partial charge in [-0.1, -0.05) is 28.1 Å². The Kier molecular flexibility index (Phi) is 4.37. The minimum absolute atomic E-state index is 0.0654. The first-order valence-electron chi connectivity index (χ1n) is 6.02. The molecule has 0 bridgehead atoms. The van der Waals surface area contributed by atoms with Crippen molar-refractivity contribution in [2.45, 2.75) is 18.8 Å². The molecule has 2 aromatic rings. The van der Waals surface area contributed by atoms with Gasteiger partial charge in [-0.15, -0.1) is 0 Å². The highest BCUT2D eigenvalue weighted by atomic mass is 79.9. The van der Waals surface area contributed by atoms with Gasteiger partial charge in [0, 0.05) is 36.2 Å². The van der Waals surface area contributed by atoms with Crippen LogP contribution >= 0.6 is 15.9 Å². The van der Waals surface area contributed by atoms with Crippen molar-refractivity contribution in [2.75, 3.05) is 0 Å². The standard InChI is InChI=1S/C14H16BrN3O/c1-10-13(9-18(2)17-10)8-16-14(19)12-5-3-11(7-15)4-6-12/h3-6,9H,7-8H2,1-2H3,(H,16,19). The van der Waals surface area contributed by atoms with Crippen LogP contribution in [0.5, 0.6) is 0 Å². The number of nitrogens with zero attached hydrogens (tertiary/aromatic N) is 2. The molecule has 19 heavy (non-hydrogen) atoms. The first kappa shape index (κ1) is 13.8. The zero-order valence-corrected chi connectivity index (χ0v) is 12.6. The van der Waals surface area contributed by atoms with Crippen molar-refractivity contribution in [2.24, 2.45) is 7.05 Å². The number of halogens is 1. The second-order valence-corrected chi connectivity index (χ2v) is 4.99. The summed E-state index contributed by atoms with van der Waals surface area (Å²) in [5, 5.41) is 7.94. The molecule has 2 rings (SSSR count). The molecule has 0 saturated carbocycles. The van der Waals surface area contributed by atoms with Gasteiger partial charge in [-0.3, -0.25) is 9.48 Å². The predicted octanol–water partition coefficient (Wildman–Crippen LogP) is 2.55. The number of aryl methyl sites for hydroxylation is 2. The van der Waals surface area contributed by atoms with Crippen LogP contribution in [-0.4, -0.2) is 15.7 Å². The second-order valence-electron chi connectivity index (χ2n) is 4.43. The van der Waals surface area contributed by atoms with Gasteiger partial charge in [0.15, 0.2) is 0 Å². The van der Waals surface area contributed by atoms with E-state index in [2.05, 4.69) is 26.3 Å². The normalized spacial score (nSPS) is 10.5. The summed E-state index contributed by atoms with van der Waals surface area (Å²) >= 11 is 3.38. The number of benzene rings is 1. The molecule has 0 atom stereocenters. The van der Waals surface area contributed by atoms with Crippen LogP contribution in [0, 0.1) is 6.92 Å². The molecular weight excluding hydrogens is 306 g/mol. The zero-order valence-electron chi connectivity index (χ0n) is 11.0. The number of carbonyl (C=O) groups excluding carboxylic acids is 1. The molecule has 1 heterocycles. The summed E-state index contributed by atoms with van der Waals surface area (Å²) < 4.78 is 1.75. The fourth-order valence-electron chi connectivity index (χ4n) is 1.84. The third kappa shape index (κ3) is 3.44. The summed E-state index contributed by atoms with van der Waals surface area (Å²) in [6.07, 6.45) is 1.92. The van der Waals surface area contributed by atoms with Crippen LogP contribution in [0.2, 0.25) is 0 Å². The van der Waals surface area contributed by atoms with Crippen molar-refractivity contribution in [1.29, 1.82) is 0 Å². The van der Waals surface area contributed by atoms with E-state index in [4.69, 9.17) is 0 Å². The lowest BCUT2D eigenvalue weighted by atomic mass is 10.1. The Morgan fingerprint density at radius 1 is 1.37 bits per heavy atom. The van der Waals surface area contributed by atoms with E-state index in [-0.39, 0.29) is 5.91 Å². The van der Waals surface area contributed by atoms with Crippen LogP contribution in [-0.2, 0) is 18.9 Å². The van der Waals surface area contributed by atoms with Crippen molar-refractivity contribution in [3.8, 4) is 0 Å². The number of hydrogen-bond acceptors (Lipinski definition) is 2. The number of rotatable bonds is 4. The van der Waals surface area contributed by atoms with Crippen molar-refractivity contribution in [3.63, 3.8) is 0 Å². The first-order chi connectivity index (χ1) is 9.10. The van der Waals surface area contributed by atoms with Gasteiger partial charge in [-0.25, -0.2) is 0 Å². The first-order valence-corrected chi connectivity index (χ1v) is 7.14. The lowest BCUT2D eigenvalue weighted by Crippen LogP contribution is -2.22. The fraction of sp³-hybridized carbons (Fsp3) is 0.286. The topological polar surface area (TPSA) is 46.9 Å². The summed E-state index contributed by atoms with van der Waals surface area (Å²) in [4.78, 5) is 12.0. The Morgan fingerprint density at radius 2 is 2.05 bits per heavy atom. The zero-order chi connectivity index (χ0) is 13.8. The van der Waals surface area contributed by atoms with Gasteiger partial charge in [0.1, 0.15) is 0 Å². The fourth-order valence-corrected chi connectivity index (χ4v) is 2.22. The lowest BCUT2D eigenvalue weighted by Gasteiger charge is -2.05. The number of alkyl halides is 1. The van der Waals surface area contributed by atoms with Gasteiger partial charge < -0.3 is 5.32 Å². The molecule has 0 saturated heterocycles. The monoisotopic (exact) mass is 321 g/mol. The predicted molar refractivity (Wildman–Crippen MR) is 78.2 cm³/mol.